The first-order valence-electron chi connectivity index (χ1n) is 7.90. The minimum atomic E-state index is -4.34. The number of benzene rings is 3. The first kappa shape index (κ1) is 15.6. The van der Waals surface area contributed by atoms with Gasteiger partial charge in [-0.3, -0.25) is 0 Å². The van der Waals surface area contributed by atoms with Gasteiger partial charge in [-0.15, -0.1) is 0 Å². The highest BCUT2D eigenvalue weighted by molar-refractivity contribution is 6.10. The third kappa shape index (κ3) is 2.74. The van der Waals surface area contributed by atoms with Crippen molar-refractivity contribution in [1.82, 2.24) is 4.98 Å². The van der Waals surface area contributed by atoms with Crippen LogP contribution in [0.3, 0.4) is 0 Å². The van der Waals surface area contributed by atoms with E-state index in [2.05, 4.69) is 6.07 Å². The van der Waals surface area contributed by atoms with E-state index in [-0.39, 0.29) is 0 Å². The lowest BCUT2D eigenvalue weighted by atomic mass is 9.98. The van der Waals surface area contributed by atoms with Crippen molar-refractivity contribution in [2.75, 3.05) is 0 Å². The van der Waals surface area contributed by atoms with Crippen LogP contribution in [0.4, 0.5) is 13.2 Å². The Morgan fingerprint density at radius 3 is 2.12 bits per heavy atom. The molecule has 0 saturated heterocycles. The van der Waals surface area contributed by atoms with Crippen molar-refractivity contribution in [3.63, 3.8) is 0 Å². The molecule has 0 radical (unpaired) electrons. The molecule has 1 aromatic heterocycles. The molecule has 4 aromatic rings. The Morgan fingerprint density at radius 1 is 0.760 bits per heavy atom. The number of rotatable bonds is 1. The Balaban J connectivity index is 1.99. The number of aromatic nitrogens is 1. The summed E-state index contributed by atoms with van der Waals surface area (Å²) in [4.78, 5) is 4.73. The Kier molecular flexibility index (Phi) is 3.49. The van der Waals surface area contributed by atoms with Crippen molar-refractivity contribution in [3.8, 4) is 11.3 Å². The summed E-state index contributed by atoms with van der Waals surface area (Å²) in [6, 6.07) is 19.0. The predicted octanol–water partition coefficient (Wildman–Crippen LogP) is 6.38. The molecule has 0 fully saturated rings. The lowest BCUT2D eigenvalue weighted by Gasteiger charge is -2.12. The van der Waals surface area contributed by atoms with Gasteiger partial charge in [-0.05, 0) is 36.6 Å². The number of pyridine rings is 1. The van der Waals surface area contributed by atoms with Gasteiger partial charge < -0.3 is 0 Å². The van der Waals surface area contributed by atoms with Crippen LogP contribution < -0.4 is 0 Å². The molecule has 0 saturated carbocycles. The van der Waals surface area contributed by atoms with E-state index in [1.54, 1.807) is 0 Å². The third-order valence-electron chi connectivity index (χ3n) is 4.34. The summed E-state index contributed by atoms with van der Waals surface area (Å²) >= 11 is 0. The molecule has 124 valence electrons. The van der Waals surface area contributed by atoms with Crippen molar-refractivity contribution >= 4 is 21.7 Å². The second kappa shape index (κ2) is 5.59. The molecule has 4 heteroatoms. The van der Waals surface area contributed by atoms with Crippen molar-refractivity contribution in [2.24, 2.45) is 0 Å². The fraction of sp³-hybridized carbons (Fsp3) is 0.0952. The van der Waals surface area contributed by atoms with Gasteiger partial charge in [0, 0.05) is 16.3 Å². The number of aryl methyl sites for hydroxylation is 1. The number of hydrogen-bond donors (Lipinski definition) is 0. The van der Waals surface area contributed by atoms with Gasteiger partial charge in [0.05, 0.1) is 16.8 Å². The number of fused-ring (bicyclic) bond motifs is 3. The van der Waals surface area contributed by atoms with Crippen LogP contribution in [0.15, 0.2) is 66.7 Å². The van der Waals surface area contributed by atoms with Gasteiger partial charge in [-0.2, -0.15) is 13.2 Å². The minimum Gasteiger partial charge on any atom is -0.247 e. The maximum atomic E-state index is 12.8. The maximum Gasteiger partial charge on any atom is 0.416 e. The van der Waals surface area contributed by atoms with E-state index in [9.17, 15) is 13.2 Å². The molecule has 0 atom stereocenters. The highest BCUT2D eigenvalue weighted by atomic mass is 19.4. The van der Waals surface area contributed by atoms with Crippen LogP contribution in [-0.4, -0.2) is 4.98 Å². The van der Waals surface area contributed by atoms with Crippen LogP contribution in [0.25, 0.3) is 32.9 Å². The second-order valence-corrected chi connectivity index (χ2v) is 6.10. The first-order valence-corrected chi connectivity index (χ1v) is 7.90. The standard InChI is InChI=1S/C21H14F3N/c1-13-6-11-19-18(12-13)16-4-2-3-5-17(16)20(25-19)14-7-9-15(10-8-14)21(22,23)24/h2-12H,1H3. The predicted molar refractivity (Wildman–Crippen MR) is 94.4 cm³/mol. The van der Waals surface area contributed by atoms with E-state index >= 15 is 0 Å². The van der Waals surface area contributed by atoms with Crippen LogP contribution in [-0.2, 0) is 6.18 Å². The van der Waals surface area contributed by atoms with Gasteiger partial charge in [0.1, 0.15) is 0 Å². The highest BCUT2D eigenvalue weighted by Crippen LogP contribution is 2.35. The average molecular weight is 337 g/mol. The zero-order chi connectivity index (χ0) is 17.6. The Bertz CT molecular complexity index is 1080. The van der Waals surface area contributed by atoms with E-state index in [1.807, 2.05) is 43.3 Å². The van der Waals surface area contributed by atoms with Crippen LogP contribution in [0.2, 0.25) is 0 Å². The molecule has 0 unspecified atom stereocenters. The van der Waals surface area contributed by atoms with Crippen molar-refractivity contribution < 1.29 is 13.2 Å². The molecule has 0 N–H and O–H groups in total. The molecule has 25 heavy (non-hydrogen) atoms. The SMILES string of the molecule is Cc1ccc2nc(-c3ccc(C(F)(F)F)cc3)c3ccccc3c2c1. The van der Waals surface area contributed by atoms with E-state index in [1.165, 1.54) is 12.1 Å². The van der Waals surface area contributed by atoms with Crippen molar-refractivity contribution in [1.29, 1.82) is 0 Å². The normalized spacial score (nSPS) is 12.0. The zero-order valence-electron chi connectivity index (χ0n) is 13.4. The summed E-state index contributed by atoms with van der Waals surface area (Å²) in [6.45, 7) is 2.03. The highest BCUT2D eigenvalue weighted by Gasteiger charge is 2.30. The lowest BCUT2D eigenvalue weighted by Crippen LogP contribution is -2.04. The Morgan fingerprint density at radius 2 is 1.44 bits per heavy atom. The summed E-state index contributed by atoms with van der Waals surface area (Å²) in [5, 5.41) is 3.03. The maximum absolute atomic E-state index is 12.8. The molecule has 1 nitrogen and oxygen atoms in total. The summed E-state index contributed by atoms with van der Waals surface area (Å²) < 4.78 is 38.4. The van der Waals surface area contributed by atoms with Crippen LogP contribution in [0.1, 0.15) is 11.1 Å². The Hall–Kier alpha value is -2.88. The van der Waals surface area contributed by atoms with Crippen molar-refractivity contribution in [2.45, 2.75) is 13.1 Å². The Labute approximate surface area is 142 Å². The molecule has 3 aromatic carbocycles. The number of nitrogens with zero attached hydrogens (tertiary/aromatic N) is 1. The molecule has 0 spiro atoms. The summed E-state index contributed by atoms with van der Waals surface area (Å²) in [5.41, 5.74) is 2.69. The first-order chi connectivity index (χ1) is 11.9. The van der Waals surface area contributed by atoms with Crippen molar-refractivity contribution in [3.05, 3.63) is 77.9 Å². The fourth-order valence-electron chi connectivity index (χ4n) is 3.11. The number of halogens is 3. The van der Waals surface area contributed by atoms with Crippen LogP contribution in [0.5, 0.6) is 0 Å². The zero-order valence-corrected chi connectivity index (χ0v) is 13.4. The van der Waals surface area contributed by atoms with E-state index in [4.69, 9.17) is 4.98 Å². The topological polar surface area (TPSA) is 12.9 Å². The molecule has 1 heterocycles. The fourth-order valence-corrected chi connectivity index (χ4v) is 3.11. The van der Waals surface area contributed by atoms with Crippen LogP contribution >= 0.6 is 0 Å². The van der Waals surface area contributed by atoms with E-state index < -0.39 is 11.7 Å². The van der Waals surface area contributed by atoms with E-state index in [0.717, 1.165) is 39.4 Å². The minimum absolute atomic E-state index is 0.656. The van der Waals surface area contributed by atoms with Gasteiger partial charge in [-0.25, -0.2) is 4.98 Å². The quantitative estimate of drug-likeness (QED) is 0.367. The lowest BCUT2D eigenvalue weighted by molar-refractivity contribution is -0.137. The molecular formula is C21H14F3N. The largest absolute Gasteiger partial charge is 0.416 e. The van der Waals surface area contributed by atoms with Crippen LogP contribution in [0, 0.1) is 6.92 Å². The molecule has 4 rings (SSSR count). The molecule has 0 aliphatic rings. The molecule has 0 aliphatic carbocycles. The molecular weight excluding hydrogens is 323 g/mol. The number of alkyl halides is 3. The molecule has 0 amide bonds. The monoisotopic (exact) mass is 337 g/mol. The number of hydrogen-bond acceptors (Lipinski definition) is 1. The van der Waals surface area contributed by atoms with Gasteiger partial charge in [0.25, 0.3) is 0 Å². The summed E-state index contributed by atoms with van der Waals surface area (Å²) in [7, 11) is 0. The van der Waals surface area contributed by atoms with Gasteiger partial charge >= 0.3 is 6.18 Å². The summed E-state index contributed by atoms with van der Waals surface area (Å²) in [5.74, 6) is 0. The molecule has 0 aliphatic heterocycles. The van der Waals surface area contributed by atoms with Gasteiger partial charge in [-0.1, -0.05) is 48.0 Å². The van der Waals surface area contributed by atoms with Gasteiger partial charge in [0.15, 0.2) is 0 Å². The third-order valence-corrected chi connectivity index (χ3v) is 4.34. The molecule has 0 bridgehead atoms. The average Bonchev–Trinajstić information content (AvgIpc) is 2.60. The van der Waals surface area contributed by atoms with E-state index in [0.29, 0.717) is 11.3 Å². The van der Waals surface area contributed by atoms with Gasteiger partial charge in [0.2, 0.25) is 0 Å². The smallest absolute Gasteiger partial charge is 0.247 e. The summed E-state index contributed by atoms with van der Waals surface area (Å²) in [6.07, 6.45) is -4.34. The second-order valence-electron chi connectivity index (χ2n) is 6.10.